The van der Waals surface area contributed by atoms with Crippen molar-refractivity contribution >= 4 is 17.2 Å². The number of anilines is 1. The lowest BCUT2D eigenvalue weighted by Gasteiger charge is -2.21. The second-order valence-corrected chi connectivity index (χ2v) is 9.08. The summed E-state index contributed by atoms with van der Waals surface area (Å²) in [5.74, 6) is -0.776. The van der Waals surface area contributed by atoms with E-state index in [9.17, 15) is 9.59 Å². The molecule has 0 radical (unpaired) electrons. The third-order valence-electron chi connectivity index (χ3n) is 6.48. The van der Waals surface area contributed by atoms with Gasteiger partial charge in [0.1, 0.15) is 5.56 Å². The number of benzene rings is 1. The number of para-hydroxylation sites is 1. The Morgan fingerprint density at radius 1 is 0.912 bits per heavy atom. The molecule has 1 N–H and O–H groups in total. The fourth-order valence-electron chi connectivity index (χ4n) is 4.54. The fraction of sp³-hybridized carbons (Fsp3) is 0.593. The number of aromatic nitrogens is 3. The molecule has 3 rings (SSSR count). The molecule has 1 amide bonds. The topological polar surface area (TPSA) is 83.6 Å². The van der Waals surface area contributed by atoms with E-state index in [-0.39, 0.29) is 5.91 Å². The van der Waals surface area contributed by atoms with Crippen molar-refractivity contribution in [2.75, 3.05) is 11.4 Å². The highest BCUT2D eigenvalue weighted by molar-refractivity contribution is 6.10. The third kappa shape index (κ3) is 6.84. The minimum atomic E-state index is -0.604. The molecule has 0 spiro atoms. The first-order chi connectivity index (χ1) is 16.7. The number of unbranched alkanes of at least 4 members (excludes halogenated alkanes) is 11. The molecule has 34 heavy (non-hydrogen) atoms. The number of carbonyl (C=O) groups excluding carboxylic acids is 1. The van der Waals surface area contributed by atoms with Crippen LogP contribution in [0, 0.1) is 0 Å². The van der Waals surface area contributed by atoms with E-state index in [0.29, 0.717) is 29.9 Å². The van der Waals surface area contributed by atoms with Crippen molar-refractivity contribution in [3.05, 3.63) is 52.1 Å². The van der Waals surface area contributed by atoms with Crippen LogP contribution in [0.3, 0.4) is 0 Å². The molecule has 186 valence electrons. The molecule has 7 nitrogen and oxygen atoms in total. The number of aryl methyl sites for hydroxylation is 1. The van der Waals surface area contributed by atoms with Crippen LogP contribution in [0.1, 0.15) is 107 Å². The lowest BCUT2D eigenvalue weighted by molar-refractivity contribution is 0.0988. The van der Waals surface area contributed by atoms with Crippen molar-refractivity contribution in [2.45, 2.75) is 97.3 Å². The van der Waals surface area contributed by atoms with Crippen LogP contribution < -0.4 is 10.7 Å². The van der Waals surface area contributed by atoms with Gasteiger partial charge < -0.3 is 9.42 Å². The summed E-state index contributed by atoms with van der Waals surface area (Å²) < 4.78 is 6.05. The Morgan fingerprint density at radius 2 is 1.50 bits per heavy atom. The molecule has 0 unspecified atom stereocenters. The molecule has 0 bridgehead atoms. The van der Waals surface area contributed by atoms with Crippen LogP contribution in [0.4, 0.5) is 5.69 Å². The molecule has 1 aromatic carbocycles. The van der Waals surface area contributed by atoms with Crippen molar-refractivity contribution in [1.82, 2.24) is 14.8 Å². The van der Waals surface area contributed by atoms with Crippen LogP contribution in [0.15, 0.2) is 39.6 Å². The van der Waals surface area contributed by atoms with Crippen LogP contribution in [0.2, 0.25) is 0 Å². The SMILES string of the molecule is CCCCCCCCCCCCCCc1nn2c(=O)o[nH]c2c1C(=O)N(CC)c1ccccc1. The largest absolute Gasteiger partial charge is 0.461 e. The van der Waals surface area contributed by atoms with Gasteiger partial charge in [0, 0.05) is 12.2 Å². The highest BCUT2D eigenvalue weighted by Gasteiger charge is 2.27. The minimum absolute atomic E-state index is 0.172. The van der Waals surface area contributed by atoms with Crippen LogP contribution in [-0.4, -0.2) is 27.2 Å². The predicted octanol–water partition coefficient (Wildman–Crippen LogP) is 6.53. The Kier molecular flexibility index (Phi) is 10.4. The molecule has 0 aliphatic carbocycles. The molecule has 0 saturated carbocycles. The van der Waals surface area contributed by atoms with E-state index in [2.05, 4.69) is 17.2 Å². The molecule has 0 aliphatic heterocycles. The molecule has 0 saturated heterocycles. The zero-order valence-corrected chi connectivity index (χ0v) is 20.9. The summed E-state index contributed by atoms with van der Waals surface area (Å²) in [6.07, 6.45) is 16.0. The van der Waals surface area contributed by atoms with Crippen LogP contribution in [-0.2, 0) is 6.42 Å². The number of nitrogens with zero attached hydrogens (tertiary/aromatic N) is 3. The Morgan fingerprint density at radius 3 is 2.09 bits per heavy atom. The highest BCUT2D eigenvalue weighted by atomic mass is 16.5. The van der Waals surface area contributed by atoms with E-state index in [4.69, 9.17) is 4.52 Å². The first-order valence-corrected chi connectivity index (χ1v) is 13.1. The number of fused-ring (bicyclic) bond motifs is 1. The quantitative estimate of drug-likeness (QED) is 0.242. The van der Waals surface area contributed by atoms with Gasteiger partial charge in [-0.3, -0.25) is 4.79 Å². The van der Waals surface area contributed by atoms with E-state index >= 15 is 0 Å². The van der Waals surface area contributed by atoms with Gasteiger partial charge in [0.05, 0.1) is 5.69 Å². The second-order valence-electron chi connectivity index (χ2n) is 9.08. The summed E-state index contributed by atoms with van der Waals surface area (Å²) in [6, 6.07) is 9.56. The van der Waals surface area contributed by atoms with Crippen molar-refractivity contribution in [3.63, 3.8) is 0 Å². The maximum atomic E-state index is 13.5. The van der Waals surface area contributed by atoms with Gasteiger partial charge in [-0.15, -0.1) is 4.52 Å². The second kappa shape index (κ2) is 13.8. The molecule has 0 atom stereocenters. The van der Waals surface area contributed by atoms with Gasteiger partial charge in [-0.25, -0.2) is 4.79 Å². The Labute approximate surface area is 202 Å². The Balaban J connectivity index is 1.52. The van der Waals surface area contributed by atoms with Gasteiger partial charge in [0.15, 0.2) is 5.65 Å². The number of rotatable bonds is 16. The summed E-state index contributed by atoms with van der Waals surface area (Å²) in [6.45, 7) is 4.71. The van der Waals surface area contributed by atoms with Gasteiger partial charge in [0.25, 0.3) is 5.91 Å². The molecule has 7 heteroatoms. The molecule has 0 fully saturated rings. The van der Waals surface area contributed by atoms with E-state index in [0.717, 1.165) is 18.5 Å². The number of carbonyl (C=O) groups is 1. The average Bonchev–Trinajstić information content (AvgIpc) is 3.39. The van der Waals surface area contributed by atoms with Crippen molar-refractivity contribution in [2.24, 2.45) is 0 Å². The van der Waals surface area contributed by atoms with Gasteiger partial charge in [-0.1, -0.05) is 95.8 Å². The lowest BCUT2D eigenvalue weighted by Crippen LogP contribution is -2.31. The van der Waals surface area contributed by atoms with Gasteiger partial charge >= 0.3 is 5.76 Å². The normalized spacial score (nSPS) is 11.4. The number of H-pyrrole nitrogens is 1. The third-order valence-corrected chi connectivity index (χ3v) is 6.48. The summed E-state index contributed by atoms with van der Waals surface area (Å²) in [4.78, 5) is 27.2. The maximum Gasteiger partial charge on any atom is 0.461 e. The number of hydrogen-bond donors (Lipinski definition) is 1. The zero-order valence-electron chi connectivity index (χ0n) is 20.9. The first kappa shape index (κ1) is 25.8. The number of aromatic amines is 1. The highest BCUT2D eigenvalue weighted by Crippen LogP contribution is 2.22. The smallest absolute Gasteiger partial charge is 0.321 e. The van der Waals surface area contributed by atoms with E-state index in [1.165, 1.54) is 68.7 Å². The average molecular weight is 469 g/mol. The van der Waals surface area contributed by atoms with Crippen molar-refractivity contribution in [1.29, 1.82) is 0 Å². The van der Waals surface area contributed by atoms with E-state index in [1.807, 2.05) is 37.3 Å². The number of nitrogens with one attached hydrogen (secondary N) is 1. The van der Waals surface area contributed by atoms with Crippen molar-refractivity contribution in [3.8, 4) is 0 Å². The Hall–Kier alpha value is -2.83. The van der Waals surface area contributed by atoms with Crippen molar-refractivity contribution < 1.29 is 9.32 Å². The van der Waals surface area contributed by atoms with Gasteiger partial charge in [-0.05, 0) is 31.9 Å². The van der Waals surface area contributed by atoms with E-state index in [1.54, 1.807) is 4.90 Å². The Bertz CT molecular complexity index is 1050. The number of hydrogen-bond acceptors (Lipinski definition) is 4. The van der Waals surface area contributed by atoms with Gasteiger partial charge in [-0.2, -0.15) is 10.3 Å². The summed E-state index contributed by atoms with van der Waals surface area (Å²) in [7, 11) is 0. The summed E-state index contributed by atoms with van der Waals surface area (Å²) in [5.41, 5.74) is 2.24. The molecular weight excluding hydrogens is 428 g/mol. The molecule has 2 heterocycles. The maximum absolute atomic E-state index is 13.5. The molecule has 3 aromatic rings. The summed E-state index contributed by atoms with van der Waals surface area (Å²) in [5, 5.41) is 7.02. The first-order valence-electron chi connectivity index (χ1n) is 13.1. The monoisotopic (exact) mass is 468 g/mol. The number of amides is 1. The lowest BCUT2D eigenvalue weighted by atomic mass is 10.0. The zero-order chi connectivity index (χ0) is 24.2. The molecule has 0 aliphatic rings. The van der Waals surface area contributed by atoms with Gasteiger partial charge in [0.2, 0.25) is 0 Å². The predicted molar refractivity (Wildman–Crippen MR) is 137 cm³/mol. The fourth-order valence-corrected chi connectivity index (χ4v) is 4.54. The van der Waals surface area contributed by atoms with Crippen LogP contribution in [0.25, 0.3) is 5.65 Å². The van der Waals surface area contributed by atoms with Crippen LogP contribution in [0.5, 0.6) is 0 Å². The minimum Gasteiger partial charge on any atom is -0.321 e. The molecule has 2 aromatic heterocycles. The standard InChI is InChI=1S/C27H40N4O3/c1-3-5-6-7-8-9-10-11-12-13-14-18-21-23-24(25-29-34-27(33)31(25)28-23)26(32)30(4-2)22-19-16-15-17-20-22/h15-17,19-20,29H,3-14,18,21H2,1-2H3. The molecular formula is C27H40N4O3. The summed E-state index contributed by atoms with van der Waals surface area (Å²) >= 11 is 0. The van der Waals surface area contributed by atoms with E-state index < -0.39 is 5.76 Å². The van der Waals surface area contributed by atoms with Crippen LogP contribution >= 0.6 is 0 Å².